The summed E-state index contributed by atoms with van der Waals surface area (Å²) in [6.45, 7) is 9.05. The van der Waals surface area contributed by atoms with Gasteiger partial charge in [0, 0.05) is 23.6 Å². The van der Waals surface area contributed by atoms with Gasteiger partial charge in [-0.1, -0.05) is 44.0 Å². The Labute approximate surface area is 218 Å². The van der Waals surface area contributed by atoms with Crippen LogP contribution in [0.15, 0.2) is 42.5 Å². The van der Waals surface area contributed by atoms with E-state index >= 15 is 0 Å². The van der Waals surface area contributed by atoms with Gasteiger partial charge in [0.2, 0.25) is 5.91 Å². The van der Waals surface area contributed by atoms with E-state index in [9.17, 15) is 18.4 Å². The second kappa shape index (κ2) is 10.8. The largest absolute Gasteiger partial charge is 0.322 e. The number of rotatable bonds is 6. The SMILES string of the molecule is CC(C)N(CC(=O)Nc1cc(C(C)(C)C)nn1-c1ccc(Cl)c(Cl)c1)C(=O)Nc1ccc(F)cc1F. The lowest BCUT2D eigenvalue weighted by Crippen LogP contribution is -2.44. The molecule has 0 atom stereocenters. The third-order valence-electron chi connectivity index (χ3n) is 5.26. The van der Waals surface area contributed by atoms with Crippen molar-refractivity contribution in [3.63, 3.8) is 0 Å². The highest BCUT2D eigenvalue weighted by atomic mass is 35.5. The smallest absolute Gasteiger partial charge is 0.313 e. The second-order valence-electron chi connectivity index (χ2n) is 9.50. The molecule has 11 heteroatoms. The van der Waals surface area contributed by atoms with Gasteiger partial charge in [0.05, 0.1) is 27.1 Å². The summed E-state index contributed by atoms with van der Waals surface area (Å²) in [7, 11) is 0. The first kappa shape index (κ1) is 27.4. The Morgan fingerprint density at radius 3 is 2.31 bits per heavy atom. The summed E-state index contributed by atoms with van der Waals surface area (Å²) >= 11 is 12.2. The van der Waals surface area contributed by atoms with Gasteiger partial charge in [-0.15, -0.1) is 0 Å². The van der Waals surface area contributed by atoms with Crippen molar-refractivity contribution in [1.29, 1.82) is 0 Å². The van der Waals surface area contributed by atoms with Crippen molar-refractivity contribution in [2.24, 2.45) is 0 Å². The van der Waals surface area contributed by atoms with E-state index in [2.05, 4.69) is 15.7 Å². The molecular formula is C25H27Cl2F2N5O2. The van der Waals surface area contributed by atoms with Gasteiger partial charge in [-0.05, 0) is 44.2 Å². The molecule has 3 aromatic rings. The summed E-state index contributed by atoms with van der Waals surface area (Å²) < 4.78 is 28.7. The summed E-state index contributed by atoms with van der Waals surface area (Å²) in [5.74, 6) is -1.81. The molecule has 36 heavy (non-hydrogen) atoms. The number of carbonyl (C=O) groups is 2. The second-order valence-corrected chi connectivity index (χ2v) is 10.3. The first-order valence-corrected chi connectivity index (χ1v) is 11.9. The van der Waals surface area contributed by atoms with Gasteiger partial charge in [0.15, 0.2) is 0 Å². The molecule has 1 heterocycles. The highest BCUT2D eigenvalue weighted by molar-refractivity contribution is 6.42. The Kier molecular flexibility index (Phi) is 8.26. The fourth-order valence-corrected chi connectivity index (χ4v) is 3.55. The van der Waals surface area contributed by atoms with E-state index < -0.39 is 29.6 Å². The van der Waals surface area contributed by atoms with Crippen LogP contribution in [0.2, 0.25) is 10.0 Å². The third kappa shape index (κ3) is 6.53. The quantitative estimate of drug-likeness (QED) is 0.370. The van der Waals surface area contributed by atoms with Crippen LogP contribution < -0.4 is 10.6 Å². The Morgan fingerprint density at radius 2 is 1.72 bits per heavy atom. The van der Waals surface area contributed by atoms with Crippen molar-refractivity contribution in [2.45, 2.75) is 46.1 Å². The fraction of sp³-hybridized carbons (Fsp3) is 0.320. The minimum atomic E-state index is -0.920. The normalized spacial score (nSPS) is 11.5. The molecule has 0 bridgehead atoms. The van der Waals surface area contributed by atoms with Crippen molar-refractivity contribution in [2.75, 3.05) is 17.2 Å². The van der Waals surface area contributed by atoms with Gasteiger partial charge in [-0.2, -0.15) is 5.10 Å². The molecule has 192 valence electrons. The highest BCUT2D eigenvalue weighted by Crippen LogP contribution is 2.29. The van der Waals surface area contributed by atoms with E-state index in [4.69, 9.17) is 23.2 Å². The van der Waals surface area contributed by atoms with Gasteiger partial charge in [-0.3, -0.25) is 4.79 Å². The van der Waals surface area contributed by atoms with Crippen LogP contribution in [0.3, 0.4) is 0 Å². The van der Waals surface area contributed by atoms with Crippen molar-refractivity contribution in [3.05, 3.63) is 69.8 Å². The Balaban J connectivity index is 1.84. The zero-order chi connectivity index (χ0) is 26.8. The number of anilines is 2. The Hall–Kier alpha value is -3.17. The maximum atomic E-state index is 14.0. The maximum absolute atomic E-state index is 14.0. The van der Waals surface area contributed by atoms with Gasteiger partial charge < -0.3 is 15.5 Å². The van der Waals surface area contributed by atoms with E-state index in [-0.39, 0.29) is 17.6 Å². The van der Waals surface area contributed by atoms with E-state index in [1.54, 1.807) is 38.1 Å². The molecule has 0 radical (unpaired) electrons. The molecular weight excluding hydrogens is 511 g/mol. The lowest BCUT2D eigenvalue weighted by Gasteiger charge is -2.26. The maximum Gasteiger partial charge on any atom is 0.322 e. The molecule has 0 saturated carbocycles. The molecule has 0 fully saturated rings. The van der Waals surface area contributed by atoms with E-state index in [1.165, 1.54) is 9.58 Å². The zero-order valence-electron chi connectivity index (χ0n) is 20.5. The van der Waals surface area contributed by atoms with Crippen LogP contribution in [0.4, 0.5) is 25.1 Å². The standard InChI is InChI=1S/C25H27Cl2F2N5O2/c1-14(2)33(24(36)30-20-9-6-15(28)10-19(20)29)13-23(35)31-22-12-21(25(3,4)5)32-34(22)16-7-8-17(26)18(27)11-16/h6-12,14H,13H2,1-5H3,(H,30,36)(H,31,35). The molecule has 3 rings (SSSR count). The number of nitrogens with zero attached hydrogens (tertiary/aromatic N) is 3. The summed E-state index contributed by atoms with van der Waals surface area (Å²) in [4.78, 5) is 27.0. The average molecular weight is 538 g/mol. The van der Waals surface area contributed by atoms with Crippen LogP contribution in [0.1, 0.15) is 40.3 Å². The van der Waals surface area contributed by atoms with Crippen molar-refractivity contribution in [3.8, 4) is 5.69 Å². The van der Waals surface area contributed by atoms with Gasteiger partial charge >= 0.3 is 6.03 Å². The van der Waals surface area contributed by atoms with Crippen LogP contribution in [0.5, 0.6) is 0 Å². The number of hydrogen-bond acceptors (Lipinski definition) is 3. The molecule has 0 spiro atoms. The fourth-order valence-electron chi connectivity index (χ4n) is 3.25. The van der Waals surface area contributed by atoms with Crippen LogP contribution in [0, 0.1) is 11.6 Å². The van der Waals surface area contributed by atoms with Crippen LogP contribution in [-0.4, -0.2) is 39.2 Å². The molecule has 2 aromatic carbocycles. The number of halogens is 4. The molecule has 0 aliphatic heterocycles. The van der Waals surface area contributed by atoms with Crippen molar-refractivity contribution >= 4 is 46.6 Å². The number of amides is 3. The zero-order valence-corrected chi connectivity index (χ0v) is 22.0. The number of aromatic nitrogens is 2. The molecule has 0 aliphatic carbocycles. The molecule has 7 nitrogen and oxygen atoms in total. The Morgan fingerprint density at radius 1 is 1.03 bits per heavy atom. The van der Waals surface area contributed by atoms with Crippen LogP contribution >= 0.6 is 23.2 Å². The average Bonchev–Trinajstić information content (AvgIpc) is 3.20. The van der Waals surface area contributed by atoms with E-state index in [1.807, 2.05) is 20.8 Å². The van der Waals surface area contributed by atoms with E-state index in [0.717, 1.165) is 12.1 Å². The summed E-state index contributed by atoms with van der Waals surface area (Å²) in [6, 6.07) is 8.42. The highest BCUT2D eigenvalue weighted by Gasteiger charge is 2.25. The monoisotopic (exact) mass is 537 g/mol. The molecule has 2 N–H and O–H groups in total. The molecule has 0 unspecified atom stereocenters. The summed E-state index contributed by atoms with van der Waals surface area (Å²) in [5, 5.41) is 10.5. The van der Waals surface area contributed by atoms with E-state index in [0.29, 0.717) is 33.3 Å². The molecule has 1 aromatic heterocycles. The summed E-state index contributed by atoms with van der Waals surface area (Å²) in [6.07, 6.45) is 0. The van der Waals surface area contributed by atoms with Crippen LogP contribution in [0.25, 0.3) is 5.69 Å². The Bertz CT molecular complexity index is 1290. The minimum absolute atomic E-state index is 0.194. The summed E-state index contributed by atoms with van der Waals surface area (Å²) in [5.41, 5.74) is 0.791. The minimum Gasteiger partial charge on any atom is -0.313 e. The number of urea groups is 1. The van der Waals surface area contributed by atoms with Crippen molar-refractivity contribution < 1.29 is 18.4 Å². The first-order chi connectivity index (χ1) is 16.8. The molecule has 0 saturated heterocycles. The lowest BCUT2D eigenvalue weighted by atomic mass is 9.92. The topological polar surface area (TPSA) is 79.3 Å². The first-order valence-electron chi connectivity index (χ1n) is 11.1. The van der Waals surface area contributed by atoms with Gasteiger partial charge in [0.25, 0.3) is 0 Å². The van der Waals surface area contributed by atoms with Crippen molar-refractivity contribution in [1.82, 2.24) is 14.7 Å². The number of carbonyl (C=O) groups excluding carboxylic acids is 2. The lowest BCUT2D eigenvalue weighted by molar-refractivity contribution is -0.117. The third-order valence-corrected chi connectivity index (χ3v) is 6.00. The van der Waals surface area contributed by atoms with Gasteiger partial charge in [-0.25, -0.2) is 18.3 Å². The number of hydrogen-bond donors (Lipinski definition) is 2. The molecule has 3 amide bonds. The molecule has 0 aliphatic rings. The van der Waals surface area contributed by atoms with Crippen LogP contribution in [-0.2, 0) is 10.2 Å². The van der Waals surface area contributed by atoms with Gasteiger partial charge in [0.1, 0.15) is 24.0 Å². The predicted octanol–water partition coefficient (Wildman–Crippen LogP) is 6.64. The number of benzene rings is 2. The number of nitrogens with one attached hydrogen (secondary N) is 2. The predicted molar refractivity (Wildman–Crippen MR) is 138 cm³/mol.